The summed E-state index contributed by atoms with van der Waals surface area (Å²) < 4.78 is 0. The van der Waals surface area contributed by atoms with Crippen molar-refractivity contribution < 1.29 is 0 Å². The van der Waals surface area contributed by atoms with Crippen LogP contribution in [0.25, 0.3) is 0 Å². The monoisotopic (exact) mass is 333 g/mol. The summed E-state index contributed by atoms with van der Waals surface area (Å²) in [6, 6.07) is 0. The zero-order chi connectivity index (χ0) is 18.8. The second kappa shape index (κ2) is 11.7. The molecule has 0 aliphatic rings. The van der Waals surface area contributed by atoms with E-state index in [0.29, 0.717) is 5.92 Å². The maximum atomic E-state index is 6.11. The van der Waals surface area contributed by atoms with Gasteiger partial charge in [0.15, 0.2) is 0 Å². The molecule has 0 aromatic carbocycles. The molecule has 24 heavy (non-hydrogen) atoms. The molecule has 2 N–H and O–H groups in total. The molecule has 0 aliphatic heterocycles. The van der Waals surface area contributed by atoms with Gasteiger partial charge in [0, 0.05) is 5.54 Å². The summed E-state index contributed by atoms with van der Waals surface area (Å²) in [5, 5.41) is 0. The van der Waals surface area contributed by atoms with Gasteiger partial charge in [-0.25, -0.2) is 0 Å². The molecule has 1 heteroatoms. The lowest BCUT2D eigenvalue weighted by Crippen LogP contribution is -2.32. The Morgan fingerprint density at radius 1 is 1.12 bits per heavy atom. The predicted molar refractivity (Wildman–Crippen MR) is 111 cm³/mol. The van der Waals surface area contributed by atoms with Gasteiger partial charge in [-0.05, 0) is 76.7 Å². The maximum Gasteiger partial charge on any atom is 0.00971 e. The van der Waals surface area contributed by atoms with E-state index in [0.717, 1.165) is 25.2 Å². The minimum Gasteiger partial charge on any atom is -0.326 e. The zero-order valence-electron chi connectivity index (χ0n) is 17.5. The normalized spacial score (nSPS) is 16.2. The van der Waals surface area contributed by atoms with Gasteiger partial charge in [0.2, 0.25) is 0 Å². The van der Waals surface area contributed by atoms with Crippen molar-refractivity contribution in [2.75, 3.05) is 0 Å². The molecule has 140 valence electrons. The minimum atomic E-state index is -0.0398. The average Bonchev–Trinajstić information content (AvgIpc) is 2.45. The number of allylic oxidation sites excluding steroid dienone is 5. The predicted octanol–water partition coefficient (Wildman–Crippen LogP) is 7.20. The van der Waals surface area contributed by atoms with Crippen LogP contribution in [0.1, 0.15) is 93.4 Å². The number of hydrogen-bond acceptors (Lipinski definition) is 1. The van der Waals surface area contributed by atoms with Crippen molar-refractivity contribution in [1.29, 1.82) is 0 Å². The van der Waals surface area contributed by atoms with E-state index in [-0.39, 0.29) is 5.54 Å². The Bertz CT molecular complexity index is 420. The molecular weight excluding hydrogens is 290 g/mol. The Morgan fingerprint density at radius 2 is 1.75 bits per heavy atom. The van der Waals surface area contributed by atoms with E-state index in [1.165, 1.54) is 42.4 Å². The fraction of sp³-hybridized carbons (Fsp3) is 0.739. The first-order valence-corrected chi connectivity index (χ1v) is 9.92. The van der Waals surface area contributed by atoms with Crippen molar-refractivity contribution in [3.8, 4) is 0 Å². The smallest absolute Gasteiger partial charge is 0.00971 e. The van der Waals surface area contributed by atoms with Gasteiger partial charge < -0.3 is 5.73 Å². The molecule has 2 atom stereocenters. The Morgan fingerprint density at radius 3 is 2.25 bits per heavy atom. The lowest BCUT2D eigenvalue weighted by atomic mass is 9.85. The Balaban J connectivity index is 4.50. The van der Waals surface area contributed by atoms with Crippen molar-refractivity contribution in [2.45, 2.75) is 99.0 Å². The van der Waals surface area contributed by atoms with Crippen molar-refractivity contribution >= 4 is 0 Å². The molecule has 1 unspecified atom stereocenters. The van der Waals surface area contributed by atoms with Crippen LogP contribution in [0.2, 0.25) is 0 Å². The highest BCUT2D eigenvalue weighted by Gasteiger charge is 2.15. The summed E-state index contributed by atoms with van der Waals surface area (Å²) in [7, 11) is 0. The lowest BCUT2D eigenvalue weighted by molar-refractivity contribution is 0.345. The average molecular weight is 334 g/mol. The van der Waals surface area contributed by atoms with Gasteiger partial charge in [-0.15, -0.1) is 0 Å². The minimum absolute atomic E-state index is 0.0398. The van der Waals surface area contributed by atoms with Gasteiger partial charge in [-0.2, -0.15) is 0 Å². The van der Waals surface area contributed by atoms with Gasteiger partial charge >= 0.3 is 0 Å². The van der Waals surface area contributed by atoms with Crippen molar-refractivity contribution in [2.24, 2.45) is 17.6 Å². The molecule has 0 amide bonds. The summed E-state index contributed by atoms with van der Waals surface area (Å²) in [6.07, 6.45) is 12.7. The molecule has 0 aromatic heterocycles. The highest BCUT2D eigenvalue weighted by Crippen LogP contribution is 2.27. The summed E-state index contributed by atoms with van der Waals surface area (Å²) >= 11 is 0. The van der Waals surface area contributed by atoms with Gasteiger partial charge in [0.1, 0.15) is 0 Å². The largest absolute Gasteiger partial charge is 0.326 e. The van der Waals surface area contributed by atoms with E-state index in [2.05, 4.69) is 67.2 Å². The van der Waals surface area contributed by atoms with Crippen LogP contribution in [0.4, 0.5) is 0 Å². The summed E-state index contributed by atoms with van der Waals surface area (Å²) in [4.78, 5) is 0. The first-order chi connectivity index (χ1) is 11.1. The number of rotatable bonds is 12. The SMILES string of the molecule is C=C(CC(C)C[C@H](C)CCC(C)(C)N)/C(=C\C=C(/C)CCC)CC. The van der Waals surface area contributed by atoms with Crippen LogP contribution < -0.4 is 5.73 Å². The van der Waals surface area contributed by atoms with Gasteiger partial charge in [0.05, 0.1) is 0 Å². The Labute approximate surface area is 152 Å². The molecule has 0 rings (SSSR count). The van der Waals surface area contributed by atoms with E-state index in [1.54, 1.807) is 0 Å². The van der Waals surface area contributed by atoms with Crippen LogP contribution in [0.15, 0.2) is 35.5 Å². The quantitative estimate of drug-likeness (QED) is 0.376. The van der Waals surface area contributed by atoms with E-state index in [9.17, 15) is 0 Å². The lowest BCUT2D eigenvalue weighted by Gasteiger charge is -2.23. The van der Waals surface area contributed by atoms with Crippen molar-refractivity contribution in [1.82, 2.24) is 0 Å². The molecule has 0 saturated carbocycles. The van der Waals surface area contributed by atoms with Crippen LogP contribution in [-0.2, 0) is 0 Å². The standard InChI is InChI=1S/C23H43N/c1-9-11-18(3)12-13-22(10-2)21(6)17-20(5)16-19(4)14-15-23(7,8)24/h12-13,19-20H,6,9-11,14-17,24H2,1-5,7-8H3/b18-12+,22-13-/t19-,20?/m1/s1. The van der Waals surface area contributed by atoms with Crippen LogP contribution in [0.5, 0.6) is 0 Å². The van der Waals surface area contributed by atoms with Crippen LogP contribution in [0.3, 0.4) is 0 Å². The van der Waals surface area contributed by atoms with Crippen LogP contribution in [-0.4, -0.2) is 5.54 Å². The molecule has 0 spiro atoms. The second-order valence-corrected chi connectivity index (χ2v) is 8.59. The molecule has 0 bridgehead atoms. The zero-order valence-corrected chi connectivity index (χ0v) is 17.5. The summed E-state index contributed by atoms with van der Waals surface area (Å²) in [5.74, 6) is 1.42. The Hall–Kier alpha value is -0.820. The van der Waals surface area contributed by atoms with Crippen LogP contribution in [0, 0.1) is 11.8 Å². The Kier molecular flexibility index (Phi) is 11.3. The van der Waals surface area contributed by atoms with E-state index in [1.807, 2.05) is 0 Å². The summed E-state index contributed by atoms with van der Waals surface area (Å²) in [5.41, 5.74) is 10.3. The first kappa shape index (κ1) is 23.2. The van der Waals surface area contributed by atoms with Crippen LogP contribution >= 0.6 is 0 Å². The van der Waals surface area contributed by atoms with Gasteiger partial charge in [-0.1, -0.05) is 64.0 Å². The molecule has 0 saturated heterocycles. The molecule has 0 radical (unpaired) electrons. The summed E-state index contributed by atoms with van der Waals surface area (Å²) in [6.45, 7) is 20.0. The van der Waals surface area contributed by atoms with E-state index in [4.69, 9.17) is 5.73 Å². The highest BCUT2D eigenvalue weighted by atomic mass is 14.7. The highest BCUT2D eigenvalue weighted by molar-refractivity contribution is 5.32. The van der Waals surface area contributed by atoms with Gasteiger partial charge in [-0.3, -0.25) is 0 Å². The second-order valence-electron chi connectivity index (χ2n) is 8.59. The molecule has 0 aliphatic carbocycles. The maximum absolute atomic E-state index is 6.11. The first-order valence-electron chi connectivity index (χ1n) is 9.92. The number of nitrogens with two attached hydrogens (primary N) is 1. The third kappa shape index (κ3) is 11.7. The van der Waals surface area contributed by atoms with Gasteiger partial charge in [0.25, 0.3) is 0 Å². The van der Waals surface area contributed by atoms with Crippen molar-refractivity contribution in [3.05, 3.63) is 35.5 Å². The van der Waals surface area contributed by atoms with E-state index >= 15 is 0 Å². The van der Waals surface area contributed by atoms with Crippen molar-refractivity contribution in [3.63, 3.8) is 0 Å². The molecule has 0 fully saturated rings. The molecule has 0 heterocycles. The molecular formula is C23H43N. The fourth-order valence-electron chi connectivity index (χ4n) is 3.26. The molecule has 0 aromatic rings. The number of hydrogen-bond donors (Lipinski definition) is 1. The third-order valence-electron chi connectivity index (χ3n) is 4.73. The third-order valence-corrected chi connectivity index (χ3v) is 4.73. The fourth-order valence-corrected chi connectivity index (χ4v) is 3.26. The topological polar surface area (TPSA) is 26.0 Å². The van der Waals surface area contributed by atoms with E-state index < -0.39 is 0 Å². The molecule has 1 nitrogen and oxygen atoms in total.